The maximum Gasteiger partial charge on any atom is 0.494 e. The Bertz CT molecular complexity index is 1780. The summed E-state index contributed by atoms with van der Waals surface area (Å²) in [4.78, 5) is 26.4. The molecule has 4 aliphatic heterocycles. The summed E-state index contributed by atoms with van der Waals surface area (Å²) in [5.41, 5.74) is -0.150. The number of amides is 1. The summed E-state index contributed by atoms with van der Waals surface area (Å²) >= 11 is 0. The molecule has 256 valence electrons. The van der Waals surface area contributed by atoms with E-state index < -0.39 is 59.9 Å². The zero-order valence-corrected chi connectivity index (χ0v) is 30.0. The van der Waals surface area contributed by atoms with Crippen molar-refractivity contribution >= 4 is 42.9 Å². The molecule has 0 atom stereocenters. The van der Waals surface area contributed by atoms with Gasteiger partial charge in [0.15, 0.2) is 5.60 Å². The van der Waals surface area contributed by atoms with Gasteiger partial charge in [-0.25, -0.2) is 9.59 Å². The monoisotopic (exact) mass is 667 g/mol. The highest BCUT2D eigenvalue weighted by Crippen LogP contribution is 2.56. The normalized spacial score (nSPS) is 21.8. The molecule has 7 rings (SSSR count). The molecular weight excluding hydrogens is 624 g/mol. The third-order valence-electron chi connectivity index (χ3n) is 10.6. The summed E-state index contributed by atoms with van der Waals surface area (Å²) in [5, 5.41) is 2.81. The number of hydrogen-bond donors (Lipinski definition) is 1. The molecule has 12 heteroatoms. The molecule has 2 saturated heterocycles. The summed E-state index contributed by atoms with van der Waals surface area (Å²) in [7, 11) is -1.29. The molecule has 0 aliphatic carbocycles. The van der Waals surface area contributed by atoms with E-state index >= 15 is 0 Å². The Morgan fingerprint density at radius 3 is 1.59 bits per heavy atom. The van der Waals surface area contributed by atoms with Gasteiger partial charge in [0, 0.05) is 22.4 Å². The highest BCUT2D eigenvalue weighted by molar-refractivity contribution is 6.62. The molecule has 4 aliphatic rings. The first-order valence-corrected chi connectivity index (χ1v) is 16.7. The quantitative estimate of drug-likeness (QED) is 0.258. The molecule has 1 spiro atoms. The lowest BCUT2D eigenvalue weighted by Crippen LogP contribution is -2.41. The Labute approximate surface area is 288 Å². The molecule has 0 radical (unpaired) electrons. The number of anilines is 1. The number of fused-ring (bicyclic) bond motifs is 6. The number of hydrogen-bond acceptors (Lipinski definition) is 9. The average molecular weight is 667 g/mol. The molecule has 3 aromatic rings. The van der Waals surface area contributed by atoms with Crippen molar-refractivity contribution in [2.75, 3.05) is 5.32 Å². The molecule has 0 saturated carbocycles. The van der Waals surface area contributed by atoms with Crippen LogP contribution in [0.3, 0.4) is 0 Å². The van der Waals surface area contributed by atoms with Gasteiger partial charge < -0.3 is 32.8 Å². The van der Waals surface area contributed by atoms with E-state index in [2.05, 4.69) is 5.32 Å². The van der Waals surface area contributed by atoms with E-state index in [0.717, 1.165) is 10.9 Å². The van der Waals surface area contributed by atoms with Gasteiger partial charge in [0.05, 0.1) is 28.0 Å². The Morgan fingerprint density at radius 1 is 0.673 bits per heavy atom. The molecule has 2 fully saturated rings. The second-order valence-electron chi connectivity index (χ2n) is 16.2. The van der Waals surface area contributed by atoms with Crippen LogP contribution in [0.4, 0.5) is 10.5 Å². The molecule has 1 N–H and O–H groups in total. The van der Waals surface area contributed by atoms with Crippen LogP contribution in [0.2, 0.25) is 0 Å². The van der Waals surface area contributed by atoms with Crippen molar-refractivity contribution in [1.82, 2.24) is 0 Å². The van der Waals surface area contributed by atoms with E-state index in [1.165, 1.54) is 0 Å². The predicted octanol–water partition coefficient (Wildman–Crippen LogP) is 6.20. The van der Waals surface area contributed by atoms with Crippen molar-refractivity contribution < 1.29 is 42.4 Å². The minimum Gasteiger partial charge on any atom is -0.456 e. The van der Waals surface area contributed by atoms with Crippen molar-refractivity contribution in [3.05, 3.63) is 76.9 Å². The summed E-state index contributed by atoms with van der Waals surface area (Å²) in [6.45, 7) is 21.4. The fourth-order valence-corrected chi connectivity index (χ4v) is 6.51. The minimum atomic E-state index is -1.40. The largest absolute Gasteiger partial charge is 0.494 e. The molecule has 0 bridgehead atoms. The Morgan fingerprint density at radius 2 is 1.14 bits per heavy atom. The first kappa shape index (κ1) is 33.7. The van der Waals surface area contributed by atoms with Gasteiger partial charge in [-0.05, 0) is 117 Å². The number of carbonyl (C=O) groups is 2. The maximum absolute atomic E-state index is 13.7. The first-order valence-electron chi connectivity index (χ1n) is 16.7. The van der Waals surface area contributed by atoms with E-state index in [1.807, 2.05) is 91.8 Å². The molecule has 0 aromatic heterocycles. The van der Waals surface area contributed by atoms with Crippen molar-refractivity contribution in [2.45, 2.75) is 110 Å². The molecule has 4 heterocycles. The summed E-state index contributed by atoms with van der Waals surface area (Å²) in [6, 6.07) is 16.4. The van der Waals surface area contributed by atoms with E-state index in [0.29, 0.717) is 39.4 Å². The lowest BCUT2D eigenvalue weighted by molar-refractivity contribution is 0.00578. The van der Waals surface area contributed by atoms with Crippen LogP contribution in [-0.2, 0) is 33.7 Å². The first-order chi connectivity index (χ1) is 22.6. The zero-order valence-electron chi connectivity index (χ0n) is 30.0. The third kappa shape index (κ3) is 5.35. The van der Waals surface area contributed by atoms with Crippen LogP contribution in [0.25, 0.3) is 0 Å². The van der Waals surface area contributed by atoms with Crippen molar-refractivity contribution in [3.63, 3.8) is 0 Å². The van der Waals surface area contributed by atoms with E-state index in [4.69, 9.17) is 32.8 Å². The summed E-state index contributed by atoms with van der Waals surface area (Å²) < 4.78 is 44.1. The number of ether oxygens (including phenoxy) is 3. The van der Waals surface area contributed by atoms with Crippen LogP contribution in [0, 0.1) is 0 Å². The van der Waals surface area contributed by atoms with Gasteiger partial charge in [-0.3, -0.25) is 5.32 Å². The molecule has 10 nitrogen and oxygen atoms in total. The highest BCUT2D eigenvalue weighted by Gasteiger charge is 2.57. The second-order valence-corrected chi connectivity index (χ2v) is 16.2. The lowest BCUT2D eigenvalue weighted by atomic mass is 9.72. The van der Waals surface area contributed by atoms with Crippen LogP contribution in [-0.4, -0.2) is 54.3 Å². The minimum absolute atomic E-state index is 0.374. The fourth-order valence-electron chi connectivity index (χ4n) is 6.51. The predicted molar refractivity (Wildman–Crippen MR) is 186 cm³/mol. The highest BCUT2D eigenvalue weighted by atomic mass is 16.7. The smallest absolute Gasteiger partial charge is 0.456 e. The van der Waals surface area contributed by atoms with Crippen molar-refractivity contribution in [3.8, 4) is 11.5 Å². The van der Waals surface area contributed by atoms with Crippen LogP contribution in [0.5, 0.6) is 11.5 Å². The lowest BCUT2D eigenvalue weighted by Gasteiger charge is -2.37. The zero-order chi connectivity index (χ0) is 35.5. The van der Waals surface area contributed by atoms with Gasteiger partial charge in [-0.1, -0.05) is 24.3 Å². The number of rotatable bonds is 3. The summed E-state index contributed by atoms with van der Waals surface area (Å²) in [5.74, 6) is 0.441. The second kappa shape index (κ2) is 10.6. The van der Waals surface area contributed by atoms with Gasteiger partial charge in [-0.2, -0.15) is 0 Å². The molecule has 0 unspecified atom stereocenters. The summed E-state index contributed by atoms with van der Waals surface area (Å²) in [6.07, 6.45) is -0.612. The molecule has 3 aromatic carbocycles. The van der Waals surface area contributed by atoms with E-state index in [-0.39, 0.29) is 0 Å². The van der Waals surface area contributed by atoms with Crippen LogP contribution >= 0.6 is 0 Å². The standard InChI is InChI=1S/C37H43B2NO9/c1-32(2,3)45-31(42)40-23-14-15-24-27(20-23)37(44-30(24)41)25-16-12-21(38-46-33(4,5)34(6,7)47-38)18-28(25)43-29-19-22(13-17-26(29)37)39-48-35(8,9)36(10,11)49-39/h12-20H,1-11H3,(H,40,42). The van der Waals surface area contributed by atoms with Gasteiger partial charge in [-0.15, -0.1) is 0 Å². The van der Waals surface area contributed by atoms with Crippen molar-refractivity contribution in [2.24, 2.45) is 0 Å². The Balaban J connectivity index is 1.37. The SMILES string of the molecule is CC(C)(C)OC(=O)Nc1ccc2c(c1)C1(OC2=O)c2ccc(B3OC(C)(C)C(C)(C)O3)cc2Oc2cc(B3OC(C)(C)C(C)(C)O3)ccc21. The van der Waals surface area contributed by atoms with Crippen LogP contribution in [0.1, 0.15) is 103 Å². The van der Waals surface area contributed by atoms with Crippen LogP contribution in [0.15, 0.2) is 54.6 Å². The van der Waals surface area contributed by atoms with Crippen LogP contribution < -0.4 is 21.0 Å². The Kier molecular flexibility index (Phi) is 7.27. The van der Waals surface area contributed by atoms with E-state index in [9.17, 15) is 9.59 Å². The maximum atomic E-state index is 13.7. The van der Waals surface area contributed by atoms with E-state index in [1.54, 1.807) is 39.0 Å². The fraction of sp³-hybridized carbons (Fsp3) is 0.459. The number of carbonyl (C=O) groups excluding carboxylic acids is 2. The third-order valence-corrected chi connectivity index (χ3v) is 10.6. The average Bonchev–Trinajstić information content (AvgIpc) is 3.48. The topological polar surface area (TPSA) is 111 Å². The Hall–Kier alpha value is -3.83. The molecular formula is C37H43B2NO9. The number of nitrogens with one attached hydrogen (secondary N) is 1. The van der Waals surface area contributed by atoms with Gasteiger partial charge in [0.1, 0.15) is 17.1 Å². The number of esters is 1. The number of benzene rings is 3. The van der Waals surface area contributed by atoms with Gasteiger partial charge >= 0.3 is 26.3 Å². The molecule has 49 heavy (non-hydrogen) atoms. The molecule has 1 amide bonds. The van der Waals surface area contributed by atoms with Gasteiger partial charge in [0.25, 0.3) is 0 Å². The van der Waals surface area contributed by atoms with Gasteiger partial charge in [0.2, 0.25) is 0 Å². The van der Waals surface area contributed by atoms with Crippen molar-refractivity contribution in [1.29, 1.82) is 0 Å².